The highest BCUT2D eigenvalue weighted by molar-refractivity contribution is 5.95. The van der Waals surface area contributed by atoms with Gasteiger partial charge in [-0.3, -0.25) is 9.59 Å². The van der Waals surface area contributed by atoms with E-state index in [1.165, 1.54) is 6.26 Å². The maximum Gasteiger partial charge on any atom is 0.308 e. The highest BCUT2D eigenvalue weighted by atomic mass is 16.4. The summed E-state index contributed by atoms with van der Waals surface area (Å²) in [6.07, 6.45) is 1.47. The van der Waals surface area contributed by atoms with E-state index in [2.05, 4.69) is 0 Å². The Morgan fingerprint density at radius 3 is 2.50 bits per heavy atom. The van der Waals surface area contributed by atoms with Crippen LogP contribution in [0.1, 0.15) is 27.6 Å². The number of aryl methyl sites for hydroxylation is 1. The van der Waals surface area contributed by atoms with Crippen molar-refractivity contribution >= 4 is 11.9 Å². The van der Waals surface area contributed by atoms with Gasteiger partial charge in [0.2, 0.25) is 0 Å². The van der Waals surface area contributed by atoms with E-state index in [9.17, 15) is 14.7 Å². The lowest BCUT2D eigenvalue weighted by Gasteiger charge is -2.16. The number of amides is 1. The zero-order valence-electron chi connectivity index (χ0n) is 12.2. The van der Waals surface area contributed by atoms with Gasteiger partial charge in [-0.2, -0.15) is 0 Å². The van der Waals surface area contributed by atoms with Gasteiger partial charge >= 0.3 is 5.97 Å². The number of nitrogens with zero attached hydrogens (tertiary/aromatic N) is 1. The van der Waals surface area contributed by atoms with Crippen LogP contribution in [-0.2, 0) is 4.79 Å². The minimum absolute atomic E-state index is 0.170. The Balaban J connectivity index is 1.86. The SMILES string of the molecule is Cc1occc1C(=O)N1C[C@H](C(=O)O)[C@H](c2ccccc2)C1. The summed E-state index contributed by atoms with van der Waals surface area (Å²) in [6.45, 7) is 2.36. The second-order valence-corrected chi connectivity index (χ2v) is 5.56. The molecule has 2 heterocycles. The average Bonchev–Trinajstić information content (AvgIpc) is 3.14. The third-order valence-corrected chi connectivity index (χ3v) is 4.24. The molecule has 0 spiro atoms. The number of carboxylic acid groups (broad SMARTS) is 1. The van der Waals surface area contributed by atoms with Crippen LogP contribution < -0.4 is 0 Å². The summed E-state index contributed by atoms with van der Waals surface area (Å²) in [5.41, 5.74) is 1.45. The van der Waals surface area contributed by atoms with Crippen molar-refractivity contribution in [2.24, 2.45) is 5.92 Å². The summed E-state index contributed by atoms with van der Waals surface area (Å²) in [6, 6.07) is 11.1. The number of rotatable bonds is 3. The number of likely N-dealkylation sites (tertiary alicyclic amines) is 1. The van der Waals surface area contributed by atoms with Crippen LogP contribution in [-0.4, -0.2) is 35.0 Å². The van der Waals surface area contributed by atoms with Crippen molar-refractivity contribution in [1.82, 2.24) is 4.90 Å². The predicted molar refractivity (Wildman–Crippen MR) is 79.7 cm³/mol. The van der Waals surface area contributed by atoms with Crippen LogP contribution in [0, 0.1) is 12.8 Å². The first-order valence-electron chi connectivity index (χ1n) is 7.19. The highest BCUT2D eigenvalue weighted by Crippen LogP contribution is 2.33. The van der Waals surface area contributed by atoms with Gasteiger partial charge in [0, 0.05) is 19.0 Å². The van der Waals surface area contributed by atoms with Crippen LogP contribution in [0.5, 0.6) is 0 Å². The summed E-state index contributed by atoms with van der Waals surface area (Å²) in [7, 11) is 0. The Morgan fingerprint density at radius 1 is 1.18 bits per heavy atom. The molecule has 3 rings (SSSR count). The molecular formula is C17H17NO4. The molecule has 22 heavy (non-hydrogen) atoms. The Bertz CT molecular complexity index is 692. The minimum atomic E-state index is -0.868. The molecule has 1 fully saturated rings. The molecule has 114 valence electrons. The number of carboxylic acids is 1. The minimum Gasteiger partial charge on any atom is -0.481 e. The van der Waals surface area contributed by atoms with Crippen molar-refractivity contribution < 1.29 is 19.1 Å². The molecule has 0 unspecified atom stereocenters. The summed E-state index contributed by atoms with van der Waals surface area (Å²) in [5.74, 6) is -1.25. The van der Waals surface area contributed by atoms with Crippen molar-refractivity contribution in [2.75, 3.05) is 13.1 Å². The van der Waals surface area contributed by atoms with E-state index in [1.54, 1.807) is 17.9 Å². The van der Waals surface area contributed by atoms with Crippen molar-refractivity contribution in [3.05, 3.63) is 59.5 Å². The monoisotopic (exact) mass is 299 g/mol. The van der Waals surface area contributed by atoms with Crippen molar-refractivity contribution in [1.29, 1.82) is 0 Å². The van der Waals surface area contributed by atoms with E-state index in [-0.39, 0.29) is 18.4 Å². The van der Waals surface area contributed by atoms with Gasteiger partial charge < -0.3 is 14.4 Å². The molecule has 1 saturated heterocycles. The lowest BCUT2D eigenvalue weighted by molar-refractivity contribution is -0.141. The van der Waals surface area contributed by atoms with Crippen molar-refractivity contribution in [3.8, 4) is 0 Å². The molecule has 2 atom stereocenters. The molecule has 5 nitrogen and oxygen atoms in total. The van der Waals surface area contributed by atoms with Crippen LogP contribution in [0.3, 0.4) is 0 Å². The van der Waals surface area contributed by atoms with Crippen LogP contribution >= 0.6 is 0 Å². The number of benzene rings is 1. The maximum absolute atomic E-state index is 12.5. The molecule has 1 aliphatic rings. The van der Waals surface area contributed by atoms with Gasteiger partial charge in [0.05, 0.1) is 17.7 Å². The van der Waals surface area contributed by atoms with E-state index in [0.717, 1.165) is 5.56 Å². The molecular weight excluding hydrogens is 282 g/mol. The first-order chi connectivity index (χ1) is 10.6. The Labute approximate surface area is 128 Å². The fraction of sp³-hybridized carbons (Fsp3) is 0.294. The van der Waals surface area contributed by atoms with Crippen molar-refractivity contribution in [2.45, 2.75) is 12.8 Å². The number of furan rings is 1. The van der Waals surface area contributed by atoms with Gasteiger partial charge in [-0.15, -0.1) is 0 Å². The number of hydrogen-bond donors (Lipinski definition) is 1. The lowest BCUT2D eigenvalue weighted by Crippen LogP contribution is -2.30. The van der Waals surface area contributed by atoms with E-state index in [0.29, 0.717) is 17.9 Å². The summed E-state index contributed by atoms with van der Waals surface area (Å²) >= 11 is 0. The zero-order valence-corrected chi connectivity index (χ0v) is 12.2. The van der Waals surface area contributed by atoms with Crippen LogP contribution in [0.2, 0.25) is 0 Å². The third kappa shape index (κ3) is 2.50. The number of aliphatic carboxylic acids is 1. The molecule has 1 aromatic heterocycles. The van der Waals surface area contributed by atoms with E-state index in [1.807, 2.05) is 30.3 Å². The molecule has 1 aliphatic heterocycles. The van der Waals surface area contributed by atoms with Gasteiger partial charge in [-0.1, -0.05) is 30.3 Å². The standard InChI is InChI=1S/C17H17NO4/c1-11-13(7-8-22-11)16(19)18-9-14(15(10-18)17(20)21)12-5-3-2-4-6-12/h2-8,14-15H,9-10H2,1H3,(H,20,21)/t14-,15-/m0/s1. The molecule has 2 aromatic rings. The second-order valence-electron chi connectivity index (χ2n) is 5.56. The van der Waals surface area contributed by atoms with Gasteiger partial charge in [-0.25, -0.2) is 0 Å². The maximum atomic E-state index is 12.5. The normalized spacial score (nSPS) is 21.0. The van der Waals surface area contributed by atoms with Crippen LogP contribution in [0.25, 0.3) is 0 Å². The summed E-state index contributed by atoms with van der Waals surface area (Å²) < 4.78 is 5.17. The van der Waals surface area contributed by atoms with Crippen LogP contribution in [0.15, 0.2) is 47.1 Å². The number of hydrogen-bond acceptors (Lipinski definition) is 3. The molecule has 0 bridgehead atoms. The molecule has 1 aromatic carbocycles. The second kappa shape index (κ2) is 5.67. The Kier molecular flexibility index (Phi) is 3.71. The zero-order chi connectivity index (χ0) is 15.7. The van der Waals surface area contributed by atoms with E-state index < -0.39 is 11.9 Å². The van der Waals surface area contributed by atoms with Crippen LogP contribution in [0.4, 0.5) is 0 Å². The average molecular weight is 299 g/mol. The van der Waals surface area contributed by atoms with E-state index >= 15 is 0 Å². The van der Waals surface area contributed by atoms with Crippen molar-refractivity contribution in [3.63, 3.8) is 0 Å². The predicted octanol–water partition coefficient (Wildman–Crippen LogP) is 2.53. The fourth-order valence-electron chi connectivity index (χ4n) is 3.04. The first kappa shape index (κ1) is 14.4. The lowest BCUT2D eigenvalue weighted by atomic mass is 9.89. The van der Waals surface area contributed by atoms with E-state index in [4.69, 9.17) is 4.42 Å². The fourth-order valence-corrected chi connectivity index (χ4v) is 3.04. The Hall–Kier alpha value is -2.56. The molecule has 0 saturated carbocycles. The highest BCUT2D eigenvalue weighted by Gasteiger charge is 2.41. The topological polar surface area (TPSA) is 70.8 Å². The quantitative estimate of drug-likeness (QED) is 0.945. The molecule has 0 radical (unpaired) electrons. The first-order valence-corrected chi connectivity index (χ1v) is 7.19. The van der Waals surface area contributed by atoms with Gasteiger partial charge in [-0.05, 0) is 18.6 Å². The number of carbonyl (C=O) groups is 2. The number of carbonyl (C=O) groups excluding carboxylic acids is 1. The van der Waals surface area contributed by atoms with Gasteiger partial charge in [0.15, 0.2) is 0 Å². The molecule has 0 aliphatic carbocycles. The van der Waals surface area contributed by atoms with Gasteiger partial charge in [0.1, 0.15) is 5.76 Å². The summed E-state index contributed by atoms with van der Waals surface area (Å²) in [4.78, 5) is 25.7. The third-order valence-electron chi connectivity index (χ3n) is 4.24. The smallest absolute Gasteiger partial charge is 0.308 e. The van der Waals surface area contributed by atoms with Gasteiger partial charge in [0.25, 0.3) is 5.91 Å². The molecule has 1 N–H and O–H groups in total. The molecule has 5 heteroatoms. The summed E-state index contributed by atoms with van der Waals surface area (Å²) in [5, 5.41) is 9.47. The molecule has 1 amide bonds. The largest absolute Gasteiger partial charge is 0.481 e. The Morgan fingerprint density at radius 2 is 1.91 bits per heavy atom.